The van der Waals surface area contributed by atoms with Crippen molar-refractivity contribution in [2.45, 2.75) is 20.4 Å². The van der Waals surface area contributed by atoms with Crippen molar-refractivity contribution in [3.05, 3.63) is 71.1 Å². The molecule has 0 spiro atoms. The third kappa shape index (κ3) is 5.17. The Morgan fingerprint density at radius 2 is 1.81 bits per heavy atom. The molecule has 0 aliphatic heterocycles. The Balaban J connectivity index is 1.62. The van der Waals surface area contributed by atoms with Gasteiger partial charge in [0, 0.05) is 36.6 Å². The summed E-state index contributed by atoms with van der Waals surface area (Å²) < 4.78 is 0. The summed E-state index contributed by atoms with van der Waals surface area (Å²) in [7, 11) is 2.04. The zero-order chi connectivity index (χ0) is 19.2. The highest BCUT2D eigenvalue weighted by Gasteiger charge is 2.10. The van der Waals surface area contributed by atoms with E-state index >= 15 is 0 Å². The molecular formula is C22H25N3OS. The highest BCUT2D eigenvalue weighted by atomic mass is 32.1. The molecule has 0 radical (unpaired) electrons. The van der Waals surface area contributed by atoms with Crippen molar-refractivity contribution in [3.8, 4) is 11.3 Å². The first-order valence-electron chi connectivity index (χ1n) is 9.12. The number of rotatable bonds is 7. The van der Waals surface area contributed by atoms with Gasteiger partial charge in [0.2, 0.25) is 0 Å². The van der Waals surface area contributed by atoms with Crippen LogP contribution in [-0.4, -0.2) is 24.5 Å². The Bertz CT molecular complexity index is 872. The number of carbonyl (C=O) groups excluding carboxylic acids is 1. The fraction of sp³-hybridized carbons (Fsp3) is 0.273. The van der Waals surface area contributed by atoms with Gasteiger partial charge in [-0.15, -0.1) is 11.3 Å². The second-order valence-corrected chi connectivity index (χ2v) is 7.87. The van der Waals surface area contributed by atoms with Crippen molar-refractivity contribution in [1.29, 1.82) is 0 Å². The normalized spacial score (nSPS) is 10.8. The molecule has 0 aliphatic rings. The zero-order valence-corrected chi connectivity index (χ0v) is 16.8. The van der Waals surface area contributed by atoms with Crippen LogP contribution < -0.4 is 10.2 Å². The number of thiazole rings is 1. The van der Waals surface area contributed by atoms with Crippen LogP contribution in [0.2, 0.25) is 0 Å². The van der Waals surface area contributed by atoms with Gasteiger partial charge in [-0.1, -0.05) is 56.3 Å². The van der Waals surface area contributed by atoms with Crippen LogP contribution in [0.25, 0.3) is 11.3 Å². The van der Waals surface area contributed by atoms with Gasteiger partial charge in [0.25, 0.3) is 5.91 Å². The Labute approximate surface area is 164 Å². The van der Waals surface area contributed by atoms with E-state index in [-0.39, 0.29) is 5.91 Å². The van der Waals surface area contributed by atoms with Crippen molar-refractivity contribution in [2.75, 3.05) is 18.5 Å². The summed E-state index contributed by atoms with van der Waals surface area (Å²) in [6.45, 7) is 5.61. The molecule has 3 rings (SSSR count). The largest absolute Gasteiger partial charge is 0.352 e. The molecule has 1 aromatic heterocycles. The molecule has 27 heavy (non-hydrogen) atoms. The second-order valence-electron chi connectivity index (χ2n) is 7.04. The van der Waals surface area contributed by atoms with Gasteiger partial charge in [-0.3, -0.25) is 4.79 Å². The summed E-state index contributed by atoms with van der Waals surface area (Å²) in [5.41, 5.74) is 3.97. The second kappa shape index (κ2) is 8.82. The Morgan fingerprint density at radius 1 is 1.11 bits per heavy atom. The van der Waals surface area contributed by atoms with Crippen LogP contribution in [0.1, 0.15) is 29.8 Å². The summed E-state index contributed by atoms with van der Waals surface area (Å²) in [5.74, 6) is 0.428. The molecule has 0 fully saturated rings. The third-order valence-electron chi connectivity index (χ3n) is 4.19. The van der Waals surface area contributed by atoms with Crippen LogP contribution in [0, 0.1) is 5.92 Å². The van der Waals surface area contributed by atoms with Gasteiger partial charge in [0.1, 0.15) is 0 Å². The molecule has 1 amide bonds. The van der Waals surface area contributed by atoms with Crippen LogP contribution in [0.15, 0.2) is 60.0 Å². The van der Waals surface area contributed by atoms with E-state index in [9.17, 15) is 4.79 Å². The van der Waals surface area contributed by atoms with Crippen LogP contribution in [-0.2, 0) is 6.54 Å². The van der Waals surface area contributed by atoms with Crippen LogP contribution >= 0.6 is 11.3 Å². The number of benzene rings is 2. The fourth-order valence-corrected chi connectivity index (χ4v) is 3.48. The van der Waals surface area contributed by atoms with Gasteiger partial charge >= 0.3 is 0 Å². The van der Waals surface area contributed by atoms with Crippen molar-refractivity contribution in [2.24, 2.45) is 5.92 Å². The molecule has 3 aromatic rings. The molecule has 0 bridgehead atoms. The van der Waals surface area contributed by atoms with Crippen molar-refractivity contribution < 1.29 is 4.79 Å². The van der Waals surface area contributed by atoms with E-state index in [1.54, 1.807) is 11.3 Å². The summed E-state index contributed by atoms with van der Waals surface area (Å²) >= 11 is 1.64. The smallest absolute Gasteiger partial charge is 0.251 e. The van der Waals surface area contributed by atoms with E-state index in [0.29, 0.717) is 18.0 Å². The standard InChI is InChI=1S/C22H25N3OS/c1-16(2)13-23-21(26)19-11-9-17(10-12-19)14-25(3)22-24-20(15-27-22)18-7-5-4-6-8-18/h4-12,15-16H,13-14H2,1-3H3,(H,23,26). The van der Waals surface area contributed by atoms with Crippen molar-refractivity contribution >= 4 is 22.4 Å². The topological polar surface area (TPSA) is 45.2 Å². The number of aromatic nitrogens is 1. The minimum atomic E-state index is -0.0176. The lowest BCUT2D eigenvalue weighted by atomic mass is 10.1. The van der Waals surface area contributed by atoms with E-state index in [1.807, 2.05) is 49.5 Å². The van der Waals surface area contributed by atoms with E-state index in [2.05, 4.69) is 41.6 Å². The molecule has 0 unspecified atom stereocenters. The molecule has 1 heterocycles. The number of amides is 1. The van der Waals surface area contributed by atoms with E-state index in [1.165, 1.54) is 0 Å². The summed E-state index contributed by atoms with van der Waals surface area (Å²) in [6, 6.07) is 18.0. The van der Waals surface area contributed by atoms with Crippen LogP contribution in [0.5, 0.6) is 0 Å². The number of hydrogen-bond donors (Lipinski definition) is 1. The average molecular weight is 380 g/mol. The predicted molar refractivity (Wildman–Crippen MR) is 113 cm³/mol. The lowest BCUT2D eigenvalue weighted by molar-refractivity contribution is 0.0949. The van der Waals surface area contributed by atoms with Gasteiger partial charge in [-0.2, -0.15) is 0 Å². The minimum absolute atomic E-state index is 0.0176. The number of hydrogen-bond acceptors (Lipinski definition) is 4. The molecular weight excluding hydrogens is 354 g/mol. The number of nitrogens with one attached hydrogen (secondary N) is 1. The molecule has 2 aromatic carbocycles. The monoisotopic (exact) mass is 379 g/mol. The third-order valence-corrected chi connectivity index (χ3v) is 5.15. The fourth-order valence-electron chi connectivity index (χ4n) is 2.68. The molecule has 140 valence electrons. The maximum absolute atomic E-state index is 12.1. The first-order valence-corrected chi connectivity index (χ1v) is 10.00. The SMILES string of the molecule is CC(C)CNC(=O)c1ccc(CN(C)c2nc(-c3ccccc3)cs2)cc1. The summed E-state index contributed by atoms with van der Waals surface area (Å²) in [6.07, 6.45) is 0. The van der Waals surface area contributed by atoms with Gasteiger partial charge in [-0.05, 0) is 23.6 Å². The molecule has 0 saturated carbocycles. The van der Waals surface area contributed by atoms with E-state index in [4.69, 9.17) is 4.98 Å². The molecule has 1 N–H and O–H groups in total. The Kier molecular flexibility index (Phi) is 6.24. The average Bonchev–Trinajstić information content (AvgIpc) is 3.18. The Morgan fingerprint density at radius 3 is 2.48 bits per heavy atom. The van der Waals surface area contributed by atoms with E-state index in [0.717, 1.165) is 28.5 Å². The molecule has 0 atom stereocenters. The van der Waals surface area contributed by atoms with Gasteiger partial charge in [-0.25, -0.2) is 4.98 Å². The number of anilines is 1. The lowest BCUT2D eigenvalue weighted by Crippen LogP contribution is -2.27. The number of nitrogens with zero attached hydrogens (tertiary/aromatic N) is 2. The summed E-state index contributed by atoms with van der Waals surface area (Å²) in [5, 5.41) is 6.01. The van der Waals surface area contributed by atoms with Crippen LogP contribution in [0.4, 0.5) is 5.13 Å². The Hall–Kier alpha value is -2.66. The van der Waals surface area contributed by atoms with Crippen molar-refractivity contribution in [3.63, 3.8) is 0 Å². The first-order chi connectivity index (χ1) is 13.0. The number of carbonyl (C=O) groups is 1. The quantitative estimate of drug-likeness (QED) is 0.639. The maximum Gasteiger partial charge on any atom is 0.251 e. The molecule has 0 saturated heterocycles. The maximum atomic E-state index is 12.1. The van der Waals surface area contributed by atoms with Crippen molar-refractivity contribution in [1.82, 2.24) is 10.3 Å². The summed E-state index contributed by atoms with van der Waals surface area (Å²) in [4.78, 5) is 19.0. The van der Waals surface area contributed by atoms with Gasteiger partial charge in [0.05, 0.1) is 5.69 Å². The predicted octanol–water partition coefficient (Wildman–Crippen LogP) is 4.83. The van der Waals surface area contributed by atoms with Gasteiger partial charge in [0.15, 0.2) is 5.13 Å². The highest BCUT2D eigenvalue weighted by Crippen LogP contribution is 2.27. The molecule has 0 aliphatic carbocycles. The first kappa shape index (κ1) is 19.1. The zero-order valence-electron chi connectivity index (χ0n) is 16.0. The van der Waals surface area contributed by atoms with Gasteiger partial charge < -0.3 is 10.2 Å². The highest BCUT2D eigenvalue weighted by molar-refractivity contribution is 7.14. The van der Waals surface area contributed by atoms with Crippen LogP contribution in [0.3, 0.4) is 0 Å². The molecule has 5 heteroatoms. The molecule has 4 nitrogen and oxygen atoms in total. The van der Waals surface area contributed by atoms with E-state index < -0.39 is 0 Å². The lowest BCUT2D eigenvalue weighted by Gasteiger charge is -2.16. The minimum Gasteiger partial charge on any atom is -0.352 e.